The van der Waals surface area contributed by atoms with E-state index in [1.54, 1.807) is 4.68 Å². The fourth-order valence-electron chi connectivity index (χ4n) is 3.53. The van der Waals surface area contributed by atoms with Crippen molar-refractivity contribution in [1.82, 2.24) is 9.78 Å². The predicted molar refractivity (Wildman–Crippen MR) is 87.0 cm³/mol. The summed E-state index contributed by atoms with van der Waals surface area (Å²) < 4.78 is 1.76. The highest BCUT2D eigenvalue weighted by Crippen LogP contribution is 2.41. The molecule has 0 aliphatic carbocycles. The van der Waals surface area contributed by atoms with E-state index >= 15 is 0 Å². The number of aromatic nitrogens is 2. The summed E-state index contributed by atoms with van der Waals surface area (Å²) in [5.41, 5.74) is 3.32. The van der Waals surface area contributed by atoms with Crippen LogP contribution in [-0.2, 0) is 11.8 Å². The van der Waals surface area contributed by atoms with E-state index < -0.39 is 0 Å². The topological polar surface area (TPSA) is 46.9 Å². The summed E-state index contributed by atoms with van der Waals surface area (Å²) in [6.45, 7) is 2.01. The van der Waals surface area contributed by atoms with Gasteiger partial charge in [0.2, 0.25) is 5.91 Å². The largest absolute Gasteiger partial charge is 0.311 e. The van der Waals surface area contributed by atoms with Crippen LogP contribution in [0.3, 0.4) is 0 Å². The number of hydrogen-bond acceptors (Lipinski definition) is 2. The summed E-state index contributed by atoms with van der Waals surface area (Å²) in [6, 6.07) is 14.6. The molecule has 22 heavy (non-hydrogen) atoms. The van der Waals surface area contributed by atoms with Crippen LogP contribution in [0.5, 0.6) is 0 Å². The first-order valence-electron chi connectivity index (χ1n) is 7.46. The minimum absolute atomic E-state index is 0.0495. The molecule has 2 aromatic carbocycles. The van der Waals surface area contributed by atoms with E-state index in [4.69, 9.17) is 0 Å². The third kappa shape index (κ3) is 1.84. The van der Waals surface area contributed by atoms with Gasteiger partial charge in [-0.25, -0.2) is 0 Å². The van der Waals surface area contributed by atoms with Crippen molar-refractivity contribution in [3.8, 4) is 0 Å². The van der Waals surface area contributed by atoms with Gasteiger partial charge in [0.05, 0.1) is 5.69 Å². The lowest BCUT2D eigenvalue weighted by atomic mass is 9.83. The van der Waals surface area contributed by atoms with E-state index in [1.165, 1.54) is 16.3 Å². The first-order valence-corrected chi connectivity index (χ1v) is 7.46. The van der Waals surface area contributed by atoms with Crippen molar-refractivity contribution in [1.29, 1.82) is 0 Å². The highest BCUT2D eigenvalue weighted by atomic mass is 16.1. The van der Waals surface area contributed by atoms with Crippen molar-refractivity contribution < 1.29 is 4.79 Å². The highest BCUT2D eigenvalue weighted by molar-refractivity contribution is 5.96. The van der Waals surface area contributed by atoms with E-state index in [2.05, 4.69) is 40.7 Å². The second-order valence-corrected chi connectivity index (χ2v) is 5.84. The molecule has 4 heteroatoms. The fraction of sp³-hybridized carbons (Fsp3) is 0.222. The average Bonchev–Trinajstić information content (AvgIpc) is 2.80. The lowest BCUT2D eigenvalue weighted by molar-refractivity contribution is -0.116. The number of anilines is 1. The molecular weight excluding hydrogens is 274 g/mol. The molecule has 4 nitrogen and oxygen atoms in total. The van der Waals surface area contributed by atoms with E-state index in [0.717, 1.165) is 17.1 Å². The van der Waals surface area contributed by atoms with Crippen molar-refractivity contribution in [2.24, 2.45) is 7.05 Å². The maximum atomic E-state index is 12.2. The standard InChI is InChI=1S/C18H17N3O/c1-11-17-15(10-16(22)19-18(17)21(2)20-11)14-9-5-7-12-6-3-4-8-13(12)14/h3-9,15H,10H2,1-2H3,(H,19,22)/t15-/m1/s1. The van der Waals surface area contributed by atoms with Gasteiger partial charge >= 0.3 is 0 Å². The second kappa shape index (κ2) is 4.70. The van der Waals surface area contributed by atoms with Gasteiger partial charge in [-0.1, -0.05) is 42.5 Å². The van der Waals surface area contributed by atoms with Gasteiger partial charge in [-0.3, -0.25) is 9.48 Å². The number of aryl methyl sites for hydroxylation is 2. The molecule has 1 atom stereocenters. The zero-order valence-corrected chi connectivity index (χ0v) is 12.6. The molecule has 2 heterocycles. The van der Waals surface area contributed by atoms with E-state index in [9.17, 15) is 4.79 Å². The SMILES string of the molecule is Cc1nn(C)c2c1[C@@H](c1cccc3ccccc13)CC(=O)N2. The Hall–Kier alpha value is -2.62. The van der Waals surface area contributed by atoms with Crippen LogP contribution in [-0.4, -0.2) is 15.7 Å². The number of nitrogens with zero attached hydrogens (tertiary/aromatic N) is 2. The molecule has 0 radical (unpaired) electrons. The summed E-state index contributed by atoms with van der Waals surface area (Å²) in [6.07, 6.45) is 0.466. The summed E-state index contributed by atoms with van der Waals surface area (Å²) >= 11 is 0. The van der Waals surface area contributed by atoms with Gasteiger partial charge in [0.1, 0.15) is 5.82 Å². The van der Waals surface area contributed by atoms with Gasteiger partial charge in [-0.15, -0.1) is 0 Å². The Labute approximate surface area is 128 Å². The van der Waals surface area contributed by atoms with Crippen molar-refractivity contribution in [2.75, 3.05) is 5.32 Å². The van der Waals surface area contributed by atoms with Crippen molar-refractivity contribution in [3.05, 3.63) is 59.3 Å². The first kappa shape index (κ1) is 13.1. The Balaban J connectivity index is 1.98. The van der Waals surface area contributed by atoms with Crippen LogP contribution in [0.4, 0.5) is 5.82 Å². The molecule has 0 bridgehead atoms. The van der Waals surface area contributed by atoms with Crippen LogP contribution in [0.15, 0.2) is 42.5 Å². The molecule has 0 saturated carbocycles. The van der Waals surface area contributed by atoms with E-state index in [1.807, 2.05) is 26.1 Å². The average molecular weight is 291 g/mol. The lowest BCUT2D eigenvalue weighted by Crippen LogP contribution is -2.24. The number of hydrogen-bond donors (Lipinski definition) is 1. The smallest absolute Gasteiger partial charge is 0.226 e. The Bertz CT molecular complexity index is 889. The molecule has 1 amide bonds. The van der Waals surface area contributed by atoms with Gasteiger partial charge in [-0.2, -0.15) is 5.10 Å². The fourth-order valence-corrected chi connectivity index (χ4v) is 3.53. The quantitative estimate of drug-likeness (QED) is 0.747. The molecular formula is C18H17N3O. The molecule has 1 aromatic heterocycles. The molecule has 110 valence electrons. The van der Waals surface area contributed by atoms with Gasteiger partial charge in [0.15, 0.2) is 0 Å². The van der Waals surface area contributed by atoms with Crippen LogP contribution in [0.25, 0.3) is 10.8 Å². The van der Waals surface area contributed by atoms with Crippen molar-refractivity contribution in [3.63, 3.8) is 0 Å². The molecule has 0 saturated heterocycles. The van der Waals surface area contributed by atoms with E-state index in [0.29, 0.717) is 6.42 Å². The normalized spacial score (nSPS) is 17.4. The van der Waals surface area contributed by atoms with Crippen LogP contribution < -0.4 is 5.32 Å². The van der Waals surface area contributed by atoms with Gasteiger partial charge in [0.25, 0.3) is 0 Å². The second-order valence-electron chi connectivity index (χ2n) is 5.84. The summed E-state index contributed by atoms with van der Waals surface area (Å²) in [4.78, 5) is 12.2. The minimum Gasteiger partial charge on any atom is -0.311 e. The summed E-state index contributed by atoms with van der Waals surface area (Å²) in [7, 11) is 1.87. The Kier molecular flexibility index (Phi) is 2.79. The molecule has 0 spiro atoms. The third-order valence-electron chi connectivity index (χ3n) is 4.46. The number of fused-ring (bicyclic) bond motifs is 2. The lowest BCUT2D eigenvalue weighted by Gasteiger charge is -2.25. The molecule has 1 aliphatic heterocycles. The molecule has 3 aromatic rings. The maximum absolute atomic E-state index is 12.2. The number of carbonyl (C=O) groups excluding carboxylic acids is 1. The number of rotatable bonds is 1. The zero-order valence-electron chi connectivity index (χ0n) is 12.6. The maximum Gasteiger partial charge on any atom is 0.226 e. The highest BCUT2D eigenvalue weighted by Gasteiger charge is 2.32. The molecule has 0 unspecified atom stereocenters. The number of benzene rings is 2. The monoisotopic (exact) mass is 291 g/mol. The molecule has 1 N–H and O–H groups in total. The Morgan fingerprint density at radius 3 is 2.82 bits per heavy atom. The van der Waals surface area contributed by atoms with Crippen LogP contribution >= 0.6 is 0 Å². The molecule has 4 rings (SSSR count). The predicted octanol–water partition coefficient (Wildman–Crippen LogP) is 3.36. The Morgan fingerprint density at radius 1 is 1.18 bits per heavy atom. The zero-order chi connectivity index (χ0) is 15.3. The molecule has 1 aliphatic rings. The van der Waals surface area contributed by atoms with Crippen molar-refractivity contribution >= 4 is 22.5 Å². The summed E-state index contributed by atoms with van der Waals surface area (Å²) in [5, 5.41) is 9.85. The van der Waals surface area contributed by atoms with Gasteiger partial charge in [-0.05, 0) is 23.3 Å². The van der Waals surface area contributed by atoms with E-state index in [-0.39, 0.29) is 11.8 Å². The summed E-state index contributed by atoms with van der Waals surface area (Å²) in [5.74, 6) is 0.934. The van der Waals surface area contributed by atoms with Crippen molar-refractivity contribution in [2.45, 2.75) is 19.3 Å². The first-order chi connectivity index (χ1) is 10.6. The number of amides is 1. The van der Waals surface area contributed by atoms with Gasteiger partial charge < -0.3 is 5.32 Å². The number of carbonyl (C=O) groups is 1. The number of nitrogens with one attached hydrogen (secondary N) is 1. The molecule has 0 fully saturated rings. The minimum atomic E-state index is 0.0495. The van der Waals surface area contributed by atoms with Crippen LogP contribution in [0, 0.1) is 6.92 Å². The third-order valence-corrected chi connectivity index (χ3v) is 4.46. The van der Waals surface area contributed by atoms with Crippen LogP contribution in [0.2, 0.25) is 0 Å². The Morgan fingerprint density at radius 2 is 1.95 bits per heavy atom. The van der Waals surface area contributed by atoms with Crippen LogP contribution in [0.1, 0.15) is 29.2 Å². The van der Waals surface area contributed by atoms with Gasteiger partial charge in [0, 0.05) is 24.9 Å².